The van der Waals surface area contributed by atoms with Crippen molar-refractivity contribution in [1.82, 2.24) is 19.9 Å². The van der Waals surface area contributed by atoms with Gasteiger partial charge in [-0.2, -0.15) is 0 Å². The summed E-state index contributed by atoms with van der Waals surface area (Å²) in [5.41, 5.74) is 9.09. The molecule has 1 aliphatic rings. The minimum Gasteiger partial charge on any atom is -0.383 e. The van der Waals surface area contributed by atoms with Crippen LogP contribution in [0.2, 0.25) is 0 Å². The topological polar surface area (TPSA) is 71.2 Å². The van der Waals surface area contributed by atoms with Crippen molar-refractivity contribution in [3.63, 3.8) is 0 Å². The molecule has 5 rings (SSSR count). The van der Waals surface area contributed by atoms with Gasteiger partial charge in [0.2, 0.25) is 0 Å². The summed E-state index contributed by atoms with van der Waals surface area (Å²) in [6.07, 6.45) is 3.76. The first-order valence-electron chi connectivity index (χ1n) is 9.18. The number of thiazole rings is 2. The molecule has 28 heavy (non-hydrogen) atoms. The van der Waals surface area contributed by atoms with Crippen LogP contribution in [0.3, 0.4) is 0 Å². The molecule has 0 aliphatic carbocycles. The monoisotopic (exact) mass is 408 g/mol. The first-order valence-corrected chi connectivity index (χ1v) is 10.8. The molecule has 0 saturated carbocycles. The van der Waals surface area contributed by atoms with Crippen molar-refractivity contribution in [1.29, 1.82) is 0 Å². The van der Waals surface area contributed by atoms with Gasteiger partial charge in [0.25, 0.3) is 0 Å². The van der Waals surface area contributed by atoms with Gasteiger partial charge in [0.15, 0.2) is 5.13 Å². The molecule has 8 heteroatoms. The number of benzene rings is 1. The molecule has 0 amide bonds. The van der Waals surface area contributed by atoms with Crippen molar-refractivity contribution in [2.24, 2.45) is 0 Å². The van der Waals surface area contributed by atoms with Gasteiger partial charge in [-0.15, -0.1) is 11.3 Å². The predicted molar refractivity (Wildman–Crippen MR) is 118 cm³/mol. The van der Waals surface area contributed by atoms with Gasteiger partial charge < -0.3 is 15.5 Å². The van der Waals surface area contributed by atoms with E-state index < -0.39 is 0 Å². The fourth-order valence-electron chi connectivity index (χ4n) is 3.31. The zero-order valence-electron chi connectivity index (χ0n) is 15.5. The van der Waals surface area contributed by atoms with Crippen molar-refractivity contribution in [2.75, 3.05) is 43.9 Å². The van der Waals surface area contributed by atoms with E-state index in [-0.39, 0.29) is 0 Å². The van der Waals surface area contributed by atoms with E-state index >= 15 is 0 Å². The summed E-state index contributed by atoms with van der Waals surface area (Å²) in [6.45, 7) is 4.17. The zero-order valence-corrected chi connectivity index (χ0v) is 17.1. The number of piperazine rings is 1. The van der Waals surface area contributed by atoms with Gasteiger partial charge in [-0.25, -0.2) is 15.0 Å². The number of para-hydroxylation sites is 1. The average molecular weight is 409 g/mol. The standard InChI is InChI=1S/C20H20N6S2/c1-25-6-8-26(9-7-25)20-23-12-17(28-20)13-10-14(18(21)22-11-13)19-24-15-4-2-3-5-16(15)27-19/h2-5,10-12H,6-9H2,1H3,(H2,21,22). The number of likely N-dealkylation sites (N-methyl/N-ethyl adjacent to an activating group) is 1. The lowest BCUT2D eigenvalue weighted by Crippen LogP contribution is -2.44. The Hall–Kier alpha value is -2.55. The summed E-state index contributed by atoms with van der Waals surface area (Å²) in [5, 5.41) is 1.97. The summed E-state index contributed by atoms with van der Waals surface area (Å²) in [4.78, 5) is 19.6. The molecule has 0 atom stereocenters. The Morgan fingerprint density at radius 1 is 1.00 bits per heavy atom. The van der Waals surface area contributed by atoms with Gasteiger partial charge in [-0.05, 0) is 25.2 Å². The average Bonchev–Trinajstić information content (AvgIpc) is 3.36. The molecule has 0 spiro atoms. The Morgan fingerprint density at radius 3 is 2.64 bits per heavy atom. The highest BCUT2D eigenvalue weighted by atomic mass is 32.1. The number of nitrogens with two attached hydrogens (primary N) is 1. The maximum Gasteiger partial charge on any atom is 0.185 e. The van der Waals surface area contributed by atoms with Gasteiger partial charge >= 0.3 is 0 Å². The van der Waals surface area contributed by atoms with E-state index in [1.807, 2.05) is 30.6 Å². The van der Waals surface area contributed by atoms with Gasteiger partial charge in [-0.1, -0.05) is 23.5 Å². The van der Waals surface area contributed by atoms with E-state index in [1.165, 1.54) is 0 Å². The first-order chi connectivity index (χ1) is 13.7. The second kappa shape index (κ2) is 7.12. The van der Waals surface area contributed by atoms with Crippen LogP contribution in [-0.2, 0) is 0 Å². The molecule has 3 aromatic heterocycles. The van der Waals surface area contributed by atoms with Crippen LogP contribution in [-0.4, -0.2) is 53.1 Å². The number of hydrogen-bond acceptors (Lipinski definition) is 8. The van der Waals surface area contributed by atoms with E-state index in [0.29, 0.717) is 5.82 Å². The second-order valence-corrected chi connectivity index (χ2v) is 8.98. The highest BCUT2D eigenvalue weighted by molar-refractivity contribution is 7.21. The second-order valence-electron chi connectivity index (χ2n) is 6.94. The molecule has 1 fully saturated rings. The Morgan fingerprint density at radius 2 is 1.82 bits per heavy atom. The summed E-state index contributed by atoms with van der Waals surface area (Å²) < 4.78 is 1.15. The largest absolute Gasteiger partial charge is 0.383 e. The molecule has 142 valence electrons. The smallest absolute Gasteiger partial charge is 0.185 e. The SMILES string of the molecule is CN1CCN(c2ncc(-c3cnc(N)c(-c4nc5ccccc5s4)c3)s2)CC1. The summed E-state index contributed by atoms with van der Waals surface area (Å²) in [6, 6.07) is 10.2. The van der Waals surface area contributed by atoms with E-state index in [9.17, 15) is 0 Å². The quantitative estimate of drug-likeness (QED) is 0.556. The Bertz CT molecular complexity index is 1090. The van der Waals surface area contributed by atoms with Gasteiger partial charge in [0.1, 0.15) is 10.8 Å². The zero-order chi connectivity index (χ0) is 19.1. The number of rotatable bonds is 3. The molecule has 4 heterocycles. The fraction of sp³-hybridized carbons (Fsp3) is 0.250. The van der Waals surface area contributed by atoms with Crippen molar-refractivity contribution in [3.8, 4) is 21.0 Å². The predicted octanol–water partition coefficient (Wildman–Crippen LogP) is 3.82. The van der Waals surface area contributed by atoms with Crippen molar-refractivity contribution in [3.05, 3.63) is 42.7 Å². The molecule has 6 nitrogen and oxygen atoms in total. The normalized spacial score (nSPS) is 15.4. The molecule has 4 aromatic rings. The lowest BCUT2D eigenvalue weighted by molar-refractivity contribution is 0.313. The minimum absolute atomic E-state index is 0.506. The molecular formula is C20H20N6S2. The van der Waals surface area contributed by atoms with Gasteiger partial charge in [-0.3, -0.25) is 0 Å². The van der Waals surface area contributed by atoms with E-state index in [1.54, 1.807) is 22.7 Å². The highest BCUT2D eigenvalue weighted by Crippen LogP contribution is 2.37. The molecule has 0 unspecified atom stereocenters. The van der Waals surface area contributed by atoms with E-state index in [4.69, 9.17) is 10.7 Å². The maximum atomic E-state index is 6.19. The van der Waals surface area contributed by atoms with Crippen LogP contribution < -0.4 is 10.6 Å². The number of hydrogen-bond donors (Lipinski definition) is 1. The molecule has 0 radical (unpaired) electrons. The van der Waals surface area contributed by atoms with Crippen LogP contribution in [0.4, 0.5) is 10.9 Å². The Kier molecular flexibility index (Phi) is 4.46. The van der Waals surface area contributed by atoms with Crippen molar-refractivity contribution in [2.45, 2.75) is 0 Å². The van der Waals surface area contributed by atoms with Crippen LogP contribution in [0.15, 0.2) is 42.7 Å². The van der Waals surface area contributed by atoms with Crippen molar-refractivity contribution >= 4 is 43.8 Å². The highest BCUT2D eigenvalue weighted by Gasteiger charge is 2.18. The fourth-order valence-corrected chi connectivity index (χ4v) is 5.25. The Labute approximate surface area is 171 Å². The molecule has 0 bridgehead atoms. The molecule has 1 saturated heterocycles. The lowest BCUT2D eigenvalue weighted by atomic mass is 10.2. The summed E-state index contributed by atoms with van der Waals surface area (Å²) >= 11 is 3.35. The number of nitrogens with zero attached hydrogens (tertiary/aromatic N) is 5. The molecule has 1 aliphatic heterocycles. The Balaban J connectivity index is 1.47. The van der Waals surface area contributed by atoms with Crippen LogP contribution >= 0.6 is 22.7 Å². The minimum atomic E-state index is 0.506. The molecule has 2 N–H and O–H groups in total. The molecular weight excluding hydrogens is 388 g/mol. The van der Waals surface area contributed by atoms with E-state index in [2.05, 4.69) is 38.9 Å². The van der Waals surface area contributed by atoms with E-state index in [0.717, 1.165) is 62.5 Å². The lowest BCUT2D eigenvalue weighted by Gasteiger charge is -2.32. The third kappa shape index (κ3) is 3.23. The van der Waals surface area contributed by atoms with Crippen LogP contribution in [0.5, 0.6) is 0 Å². The van der Waals surface area contributed by atoms with Crippen LogP contribution in [0, 0.1) is 0 Å². The number of anilines is 2. The molecule has 1 aromatic carbocycles. The summed E-state index contributed by atoms with van der Waals surface area (Å²) in [7, 11) is 2.16. The summed E-state index contributed by atoms with van der Waals surface area (Å²) in [5.74, 6) is 0.506. The first kappa shape index (κ1) is 17.5. The van der Waals surface area contributed by atoms with Crippen LogP contribution in [0.1, 0.15) is 0 Å². The maximum absolute atomic E-state index is 6.19. The van der Waals surface area contributed by atoms with Crippen molar-refractivity contribution < 1.29 is 0 Å². The van der Waals surface area contributed by atoms with Gasteiger partial charge in [0.05, 0.1) is 20.7 Å². The number of aromatic nitrogens is 3. The number of nitrogen functional groups attached to an aromatic ring is 1. The van der Waals surface area contributed by atoms with Gasteiger partial charge in [0, 0.05) is 44.1 Å². The van der Waals surface area contributed by atoms with Crippen LogP contribution in [0.25, 0.3) is 31.2 Å². The number of fused-ring (bicyclic) bond motifs is 1. The third-order valence-corrected chi connectivity index (χ3v) is 7.17. The third-order valence-electron chi connectivity index (χ3n) is 4.99. The number of pyridine rings is 1.